The average Bonchev–Trinajstić information content (AvgIpc) is 2.97. The van der Waals surface area contributed by atoms with Crippen LogP contribution in [0.4, 0.5) is 0 Å². The van der Waals surface area contributed by atoms with Gasteiger partial charge in [0.2, 0.25) is 5.90 Å². The van der Waals surface area contributed by atoms with Crippen molar-refractivity contribution < 1.29 is 14.7 Å². The predicted octanol–water partition coefficient (Wildman–Crippen LogP) is 3.02. The number of hydrogen-bond acceptors (Lipinski definition) is 4. The largest absolute Gasteiger partial charge is 0.478 e. The van der Waals surface area contributed by atoms with E-state index >= 15 is 0 Å². The van der Waals surface area contributed by atoms with E-state index in [-0.39, 0.29) is 5.56 Å². The van der Waals surface area contributed by atoms with Crippen LogP contribution in [0, 0.1) is 0 Å². The Morgan fingerprint density at radius 2 is 2.05 bits per heavy atom. The summed E-state index contributed by atoms with van der Waals surface area (Å²) in [6, 6.07) is 13.7. The van der Waals surface area contributed by atoms with Crippen molar-refractivity contribution >= 4 is 23.5 Å². The summed E-state index contributed by atoms with van der Waals surface area (Å²) < 4.78 is 0. The molecule has 21 heavy (non-hydrogen) atoms. The fourth-order valence-electron chi connectivity index (χ4n) is 2.02. The Kier molecular flexibility index (Phi) is 3.60. The van der Waals surface area contributed by atoms with Gasteiger partial charge in [-0.2, -0.15) is 0 Å². The van der Waals surface area contributed by atoms with Crippen molar-refractivity contribution in [2.45, 2.75) is 6.17 Å². The zero-order valence-electron chi connectivity index (χ0n) is 10.8. The van der Waals surface area contributed by atoms with Crippen molar-refractivity contribution in [2.75, 3.05) is 0 Å². The highest BCUT2D eigenvalue weighted by atomic mass is 35.5. The van der Waals surface area contributed by atoms with Gasteiger partial charge >= 0.3 is 5.97 Å². The van der Waals surface area contributed by atoms with E-state index in [4.69, 9.17) is 21.5 Å². The van der Waals surface area contributed by atoms with Gasteiger partial charge in [0.1, 0.15) is 0 Å². The molecule has 2 aromatic carbocycles. The van der Waals surface area contributed by atoms with E-state index in [1.807, 2.05) is 12.1 Å². The number of benzene rings is 2. The molecule has 0 fully saturated rings. The Morgan fingerprint density at radius 1 is 1.24 bits per heavy atom. The first-order valence-electron chi connectivity index (χ1n) is 6.23. The predicted molar refractivity (Wildman–Crippen MR) is 78.4 cm³/mol. The molecule has 1 heterocycles. The number of nitrogens with zero attached hydrogens (tertiary/aromatic N) is 1. The maximum Gasteiger partial charge on any atom is 0.335 e. The summed E-state index contributed by atoms with van der Waals surface area (Å²) in [5.41, 5.74) is 4.45. The van der Waals surface area contributed by atoms with Crippen LogP contribution in [0.5, 0.6) is 0 Å². The minimum Gasteiger partial charge on any atom is -0.478 e. The summed E-state index contributed by atoms with van der Waals surface area (Å²) in [7, 11) is 0. The third kappa shape index (κ3) is 2.89. The lowest BCUT2D eigenvalue weighted by Gasteiger charge is -2.06. The number of hydroxylamine groups is 1. The lowest BCUT2D eigenvalue weighted by atomic mass is 10.1. The summed E-state index contributed by atoms with van der Waals surface area (Å²) in [6.07, 6.45) is -0.446. The number of carboxylic acids is 1. The fourth-order valence-corrected chi connectivity index (χ4v) is 2.21. The molecule has 1 aliphatic rings. The topological polar surface area (TPSA) is 70.9 Å². The molecule has 0 bridgehead atoms. The second-order valence-corrected chi connectivity index (χ2v) is 4.93. The molecule has 1 unspecified atom stereocenters. The van der Waals surface area contributed by atoms with E-state index in [0.717, 1.165) is 5.56 Å². The third-order valence-corrected chi connectivity index (χ3v) is 3.27. The van der Waals surface area contributed by atoms with Gasteiger partial charge in [0.05, 0.1) is 5.56 Å². The van der Waals surface area contributed by atoms with Crippen LogP contribution in [0.15, 0.2) is 53.5 Å². The van der Waals surface area contributed by atoms with Gasteiger partial charge in [-0.05, 0) is 35.9 Å². The molecule has 0 amide bonds. The van der Waals surface area contributed by atoms with E-state index in [1.165, 1.54) is 6.07 Å². The summed E-state index contributed by atoms with van der Waals surface area (Å²) in [5, 5.41) is 9.60. The van der Waals surface area contributed by atoms with Crippen molar-refractivity contribution in [2.24, 2.45) is 4.99 Å². The molecule has 0 aromatic heterocycles. The van der Waals surface area contributed by atoms with Gasteiger partial charge < -0.3 is 9.94 Å². The Morgan fingerprint density at radius 3 is 2.81 bits per heavy atom. The van der Waals surface area contributed by atoms with E-state index in [0.29, 0.717) is 16.5 Å². The standard InChI is InChI=1S/C15H11ClN2O3/c16-12-6-2-4-10(8-12)14-17-13(18-21-14)9-3-1-5-11(7-9)15(19)20/h1-8,13,18H,(H,19,20). The number of carbonyl (C=O) groups is 1. The van der Waals surface area contributed by atoms with Crippen LogP contribution in [-0.2, 0) is 4.84 Å². The highest BCUT2D eigenvalue weighted by molar-refractivity contribution is 6.30. The quantitative estimate of drug-likeness (QED) is 0.914. The van der Waals surface area contributed by atoms with Crippen molar-refractivity contribution in [3.05, 3.63) is 70.2 Å². The average molecular weight is 303 g/mol. The Balaban J connectivity index is 1.89. The summed E-state index contributed by atoms with van der Waals surface area (Å²) in [4.78, 5) is 20.7. The second kappa shape index (κ2) is 5.55. The van der Waals surface area contributed by atoms with Crippen LogP contribution >= 0.6 is 11.6 Å². The van der Waals surface area contributed by atoms with Crippen LogP contribution < -0.4 is 5.48 Å². The molecule has 0 saturated carbocycles. The molecule has 1 atom stereocenters. The zero-order chi connectivity index (χ0) is 14.8. The molecule has 0 spiro atoms. The number of hydrogen-bond donors (Lipinski definition) is 2. The molecule has 1 aliphatic heterocycles. The molecule has 3 rings (SSSR count). The normalized spacial score (nSPS) is 17.2. The minimum atomic E-state index is -0.977. The van der Waals surface area contributed by atoms with Gasteiger partial charge in [-0.3, -0.25) is 0 Å². The summed E-state index contributed by atoms with van der Waals surface area (Å²) in [6.45, 7) is 0. The first-order chi connectivity index (χ1) is 10.1. The van der Waals surface area contributed by atoms with Gasteiger partial charge in [-0.15, -0.1) is 5.48 Å². The Bertz CT molecular complexity index is 730. The van der Waals surface area contributed by atoms with Crippen molar-refractivity contribution in [3.8, 4) is 0 Å². The van der Waals surface area contributed by atoms with E-state index in [1.54, 1.807) is 30.3 Å². The van der Waals surface area contributed by atoms with Crippen LogP contribution in [0.3, 0.4) is 0 Å². The molecular weight excluding hydrogens is 292 g/mol. The highest BCUT2D eigenvalue weighted by Gasteiger charge is 2.22. The lowest BCUT2D eigenvalue weighted by molar-refractivity contribution is 0.0696. The van der Waals surface area contributed by atoms with Gasteiger partial charge in [-0.25, -0.2) is 9.79 Å². The number of rotatable bonds is 3. The number of nitrogens with one attached hydrogen (secondary N) is 1. The maximum absolute atomic E-state index is 11.0. The number of aromatic carboxylic acids is 1. The second-order valence-electron chi connectivity index (χ2n) is 4.50. The molecule has 5 nitrogen and oxygen atoms in total. The van der Waals surface area contributed by atoms with Gasteiger partial charge in [-0.1, -0.05) is 29.8 Å². The summed E-state index contributed by atoms with van der Waals surface area (Å²) in [5.74, 6) is -0.557. The van der Waals surface area contributed by atoms with Crippen LogP contribution in [0.1, 0.15) is 27.7 Å². The van der Waals surface area contributed by atoms with Gasteiger partial charge in [0.25, 0.3) is 0 Å². The number of halogens is 1. The Labute approximate surface area is 125 Å². The molecule has 6 heteroatoms. The Hall–Kier alpha value is -2.37. The molecule has 2 aromatic rings. The van der Waals surface area contributed by atoms with Crippen molar-refractivity contribution in [1.82, 2.24) is 5.48 Å². The molecule has 0 saturated heterocycles. The smallest absolute Gasteiger partial charge is 0.335 e. The third-order valence-electron chi connectivity index (χ3n) is 3.03. The van der Waals surface area contributed by atoms with Crippen LogP contribution in [0.2, 0.25) is 5.02 Å². The first kappa shape index (κ1) is 13.6. The highest BCUT2D eigenvalue weighted by Crippen LogP contribution is 2.23. The molecule has 0 radical (unpaired) electrons. The first-order valence-corrected chi connectivity index (χ1v) is 6.60. The van der Waals surface area contributed by atoms with Gasteiger partial charge in [0, 0.05) is 10.6 Å². The van der Waals surface area contributed by atoms with E-state index < -0.39 is 12.1 Å². The van der Waals surface area contributed by atoms with E-state index in [2.05, 4.69) is 10.5 Å². The SMILES string of the molecule is O=C(O)c1cccc(C2N=C(c3cccc(Cl)c3)ON2)c1. The monoisotopic (exact) mass is 302 g/mol. The van der Waals surface area contributed by atoms with E-state index in [9.17, 15) is 4.79 Å². The zero-order valence-corrected chi connectivity index (χ0v) is 11.5. The summed E-state index contributed by atoms with van der Waals surface area (Å²) >= 11 is 5.94. The van der Waals surface area contributed by atoms with Gasteiger partial charge in [0.15, 0.2) is 6.17 Å². The molecule has 0 aliphatic carbocycles. The van der Waals surface area contributed by atoms with Crippen molar-refractivity contribution in [1.29, 1.82) is 0 Å². The molecule has 2 N–H and O–H groups in total. The van der Waals surface area contributed by atoms with Crippen LogP contribution in [-0.4, -0.2) is 17.0 Å². The van der Waals surface area contributed by atoms with Crippen molar-refractivity contribution in [3.63, 3.8) is 0 Å². The molecule has 106 valence electrons. The maximum atomic E-state index is 11.0. The fraction of sp³-hybridized carbons (Fsp3) is 0.0667. The number of carboxylic acid groups (broad SMARTS) is 1. The minimum absolute atomic E-state index is 0.209. The molecular formula is C15H11ClN2O3. The van der Waals surface area contributed by atoms with Crippen LogP contribution in [0.25, 0.3) is 0 Å². The number of aliphatic imine (C=N–C) groups is 1. The lowest BCUT2D eigenvalue weighted by Crippen LogP contribution is -2.15.